The highest BCUT2D eigenvalue weighted by atomic mass is 79.9. The largest absolute Gasteiger partial charge is 0.296 e. The highest BCUT2D eigenvalue weighted by Crippen LogP contribution is 2.54. The molecule has 0 saturated carbocycles. The minimum absolute atomic E-state index is 0.122. The molecule has 0 aliphatic carbocycles. The molecule has 2 saturated heterocycles. The van der Waals surface area contributed by atoms with Crippen molar-refractivity contribution in [1.82, 2.24) is 5.32 Å². The van der Waals surface area contributed by atoms with E-state index in [1.807, 2.05) is 36.0 Å². The predicted octanol–water partition coefficient (Wildman–Crippen LogP) is 3.48. The van der Waals surface area contributed by atoms with Crippen molar-refractivity contribution in [3.63, 3.8) is 0 Å². The van der Waals surface area contributed by atoms with Gasteiger partial charge in [-0.2, -0.15) is 11.8 Å². The molecule has 112 valence electrons. The van der Waals surface area contributed by atoms with Crippen LogP contribution in [0, 0.1) is 5.41 Å². The van der Waals surface area contributed by atoms with Crippen LogP contribution in [-0.2, 0) is 9.59 Å². The number of carbonyl (C=O) groups excluding carboxylic acids is 2. The van der Waals surface area contributed by atoms with E-state index in [2.05, 4.69) is 28.2 Å². The summed E-state index contributed by atoms with van der Waals surface area (Å²) in [5.74, 6) is 0.628. The third-order valence-corrected chi connectivity index (χ3v) is 6.78. The van der Waals surface area contributed by atoms with Gasteiger partial charge >= 0.3 is 0 Å². The zero-order valence-electron chi connectivity index (χ0n) is 11.9. The molecule has 1 N–H and O–H groups in total. The van der Waals surface area contributed by atoms with Crippen molar-refractivity contribution < 1.29 is 9.59 Å². The normalized spacial score (nSPS) is 33.0. The van der Waals surface area contributed by atoms with Gasteiger partial charge in [0.05, 0.1) is 5.92 Å². The lowest BCUT2D eigenvalue weighted by Crippen LogP contribution is -2.55. The van der Waals surface area contributed by atoms with Crippen LogP contribution in [0.25, 0.3) is 0 Å². The molecular weight excluding hydrogens is 350 g/mol. The van der Waals surface area contributed by atoms with Crippen LogP contribution in [0.1, 0.15) is 37.7 Å². The fraction of sp³-hybridized carbons (Fsp3) is 0.500. The van der Waals surface area contributed by atoms with Crippen LogP contribution in [0.15, 0.2) is 28.7 Å². The molecule has 0 radical (unpaired) electrons. The zero-order valence-corrected chi connectivity index (χ0v) is 14.3. The Hall–Kier alpha value is -0.810. The smallest absolute Gasteiger partial charge is 0.234 e. The molecule has 2 amide bonds. The summed E-state index contributed by atoms with van der Waals surface area (Å²) in [6, 6.07) is 7.93. The number of hydrogen-bond donors (Lipinski definition) is 1. The molecule has 2 heterocycles. The average molecular weight is 368 g/mol. The number of carbonyl (C=O) groups is 2. The van der Waals surface area contributed by atoms with Crippen LogP contribution in [0.2, 0.25) is 0 Å². The number of benzene rings is 1. The Morgan fingerprint density at radius 1 is 1.29 bits per heavy atom. The molecule has 2 fully saturated rings. The van der Waals surface area contributed by atoms with Gasteiger partial charge in [-0.25, -0.2) is 0 Å². The monoisotopic (exact) mass is 367 g/mol. The standard InChI is InChI=1S/C16H18BrNO2S/c1-10-16(7-2-8-21-10)9-13(19)18-15(20)14(16)11-3-5-12(17)6-4-11/h3-6,10,14H,2,7-9H2,1H3,(H,18,19,20). The minimum atomic E-state index is -0.240. The molecule has 3 nitrogen and oxygen atoms in total. The van der Waals surface area contributed by atoms with Gasteiger partial charge < -0.3 is 0 Å². The first kappa shape index (κ1) is 15.1. The third kappa shape index (κ3) is 2.66. The fourth-order valence-corrected chi connectivity index (χ4v) is 5.29. The van der Waals surface area contributed by atoms with Crippen molar-refractivity contribution in [2.75, 3.05) is 5.75 Å². The fourth-order valence-electron chi connectivity index (χ4n) is 3.70. The van der Waals surface area contributed by atoms with E-state index in [-0.39, 0.29) is 23.1 Å². The molecule has 2 aliphatic heterocycles. The highest BCUT2D eigenvalue weighted by molar-refractivity contribution is 9.10. The summed E-state index contributed by atoms with van der Waals surface area (Å²) in [5, 5.41) is 2.85. The second-order valence-electron chi connectivity index (χ2n) is 5.92. The number of halogens is 1. The molecule has 1 spiro atoms. The van der Waals surface area contributed by atoms with Gasteiger partial charge in [0.25, 0.3) is 0 Å². The Kier molecular flexibility index (Phi) is 4.14. The predicted molar refractivity (Wildman–Crippen MR) is 88.2 cm³/mol. The zero-order chi connectivity index (χ0) is 15.0. The Morgan fingerprint density at radius 3 is 2.67 bits per heavy atom. The summed E-state index contributed by atoms with van der Waals surface area (Å²) >= 11 is 5.32. The molecule has 0 bridgehead atoms. The molecule has 3 rings (SSSR count). The number of imide groups is 1. The van der Waals surface area contributed by atoms with Crippen molar-refractivity contribution in [2.24, 2.45) is 5.41 Å². The topological polar surface area (TPSA) is 46.2 Å². The van der Waals surface area contributed by atoms with Crippen LogP contribution in [-0.4, -0.2) is 22.8 Å². The summed E-state index contributed by atoms with van der Waals surface area (Å²) in [6.45, 7) is 2.17. The van der Waals surface area contributed by atoms with Crippen LogP contribution >= 0.6 is 27.7 Å². The first-order chi connectivity index (χ1) is 10.0. The number of hydrogen-bond acceptors (Lipinski definition) is 3. The Labute approximate surface area is 137 Å². The first-order valence-corrected chi connectivity index (χ1v) is 9.08. The van der Waals surface area contributed by atoms with Gasteiger partial charge in [-0.15, -0.1) is 0 Å². The molecular formula is C16H18BrNO2S. The van der Waals surface area contributed by atoms with E-state index in [0.29, 0.717) is 11.7 Å². The quantitative estimate of drug-likeness (QED) is 0.772. The van der Waals surface area contributed by atoms with Crippen molar-refractivity contribution in [3.05, 3.63) is 34.3 Å². The maximum Gasteiger partial charge on any atom is 0.234 e. The summed E-state index contributed by atoms with van der Waals surface area (Å²) in [4.78, 5) is 24.5. The van der Waals surface area contributed by atoms with Gasteiger partial charge in [0.15, 0.2) is 0 Å². The highest BCUT2D eigenvalue weighted by Gasteiger charge is 2.53. The number of rotatable bonds is 1. The summed E-state index contributed by atoms with van der Waals surface area (Å²) in [5.41, 5.74) is 0.772. The van der Waals surface area contributed by atoms with E-state index in [1.165, 1.54) is 0 Å². The van der Waals surface area contributed by atoms with E-state index in [4.69, 9.17) is 0 Å². The van der Waals surface area contributed by atoms with Crippen molar-refractivity contribution >= 4 is 39.5 Å². The molecule has 1 aromatic rings. The van der Waals surface area contributed by atoms with E-state index < -0.39 is 0 Å². The third-order valence-electron chi connectivity index (χ3n) is 4.76. The Bertz CT molecular complexity index is 574. The van der Waals surface area contributed by atoms with Gasteiger partial charge in [-0.3, -0.25) is 14.9 Å². The molecule has 5 heteroatoms. The maximum absolute atomic E-state index is 12.6. The van der Waals surface area contributed by atoms with E-state index in [0.717, 1.165) is 28.6 Å². The van der Waals surface area contributed by atoms with Crippen molar-refractivity contribution in [1.29, 1.82) is 0 Å². The second-order valence-corrected chi connectivity index (χ2v) is 8.29. The van der Waals surface area contributed by atoms with Crippen LogP contribution < -0.4 is 5.32 Å². The van der Waals surface area contributed by atoms with Crippen molar-refractivity contribution in [3.8, 4) is 0 Å². The van der Waals surface area contributed by atoms with Gasteiger partial charge in [0.2, 0.25) is 11.8 Å². The van der Waals surface area contributed by atoms with Crippen LogP contribution in [0.5, 0.6) is 0 Å². The number of thioether (sulfide) groups is 1. The van der Waals surface area contributed by atoms with Gasteiger partial charge in [0, 0.05) is 21.6 Å². The van der Waals surface area contributed by atoms with E-state index >= 15 is 0 Å². The number of piperidine rings is 1. The lowest BCUT2D eigenvalue weighted by atomic mass is 9.63. The van der Waals surface area contributed by atoms with Crippen molar-refractivity contribution in [2.45, 2.75) is 37.4 Å². The number of nitrogens with one attached hydrogen (secondary N) is 1. The van der Waals surface area contributed by atoms with E-state index in [9.17, 15) is 9.59 Å². The summed E-state index contributed by atoms with van der Waals surface area (Å²) in [6.07, 6.45) is 2.47. The van der Waals surface area contributed by atoms with Crippen LogP contribution in [0.4, 0.5) is 0 Å². The molecule has 0 aromatic heterocycles. The maximum atomic E-state index is 12.6. The first-order valence-electron chi connectivity index (χ1n) is 7.24. The SMILES string of the molecule is CC1SCCCC12CC(=O)NC(=O)C2c1ccc(Br)cc1. The van der Waals surface area contributed by atoms with Crippen LogP contribution in [0.3, 0.4) is 0 Å². The lowest BCUT2D eigenvalue weighted by Gasteiger charge is -2.49. The van der Waals surface area contributed by atoms with Gasteiger partial charge in [-0.1, -0.05) is 35.0 Å². The molecule has 3 atom stereocenters. The Balaban J connectivity index is 2.06. The van der Waals surface area contributed by atoms with Gasteiger partial charge in [0.1, 0.15) is 0 Å². The molecule has 1 aromatic carbocycles. The van der Waals surface area contributed by atoms with E-state index in [1.54, 1.807) is 0 Å². The number of amides is 2. The summed E-state index contributed by atoms with van der Waals surface area (Å²) < 4.78 is 0.999. The Morgan fingerprint density at radius 2 is 2.00 bits per heavy atom. The molecule has 3 unspecified atom stereocenters. The summed E-state index contributed by atoms with van der Waals surface area (Å²) in [7, 11) is 0. The minimum Gasteiger partial charge on any atom is -0.296 e. The molecule has 2 aliphatic rings. The average Bonchev–Trinajstić information content (AvgIpc) is 2.43. The second kappa shape index (κ2) is 5.76. The molecule has 21 heavy (non-hydrogen) atoms. The van der Waals surface area contributed by atoms with Gasteiger partial charge in [-0.05, 0) is 36.3 Å². The lowest BCUT2D eigenvalue weighted by molar-refractivity contribution is -0.140.